The van der Waals surface area contributed by atoms with Crippen molar-refractivity contribution in [3.8, 4) is 5.75 Å². The maximum absolute atomic E-state index is 14.5. The first-order chi connectivity index (χ1) is 18.3. The Morgan fingerprint density at radius 3 is 2.66 bits per heavy atom. The van der Waals surface area contributed by atoms with Gasteiger partial charge in [0.2, 0.25) is 5.43 Å². The van der Waals surface area contributed by atoms with Crippen LogP contribution in [0.5, 0.6) is 5.75 Å². The summed E-state index contributed by atoms with van der Waals surface area (Å²) in [5, 5.41) is 2.56. The van der Waals surface area contributed by atoms with Crippen LogP contribution in [0.25, 0.3) is 0 Å². The monoisotopic (exact) mass is 519 g/mol. The summed E-state index contributed by atoms with van der Waals surface area (Å²) in [5.41, 5.74) is -0.119. The first kappa shape index (κ1) is 25.4. The molecule has 0 radical (unpaired) electrons. The van der Waals surface area contributed by atoms with Crippen LogP contribution in [0.2, 0.25) is 0 Å². The molecule has 0 aliphatic carbocycles. The van der Waals surface area contributed by atoms with Crippen molar-refractivity contribution < 1.29 is 23.1 Å². The molecule has 2 atom stereocenters. The highest BCUT2D eigenvalue weighted by atomic mass is 19.1. The van der Waals surface area contributed by atoms with Crippen LogP contribution >= 0.6 is 0 Å². The fourth-order valence-electron chi connectivity index (χ4n) is 4.86. The smallest absolute Gasteiger partial charge is 0.275 e. The van der Waals surface area contributed by atoms with Crippen LogP contribution in [-0.4, -0.2) is 33.9 Å². The average molecular weight is 520 g/mol. The van der Waals surface area contributed by atoms with E-state index in [1.54, 1.807) is 9.47 Å². The van der Waals surface area contributed by atoms with Gasteiger partial charge >= 0.3 is 0 Å². The van der Waals surface area contributed by atoms with Gasteiger partial charge in [0.05, 0.1) is 6.04 Å². The summed E-state index contributed by atoms with van der Waals surface area (Å²) >= 11 is 0. The Kier molecular flexibility index (Phi) is 6.84. The highest BCUT2D eigenvalue weighted by Gasteiger charge is 2.38. The quantitative estimate of drug-likeness (QED) is 0.493. The molecule has 3 heterocycles. The molecule has 38 heavy (non-hydrogen) atoms. The number of allylic oxidation sites excluding steroid dienone is 1. The van der Waals surface area contributed by atoms with Crippen molar-refractivity contribution >= 4 is 11.8 Å². The van der Waals surface area contributed by atoms with E-state index in [9.17, 15) is 23.2 Å². The maximum atomic E-state index is 14.5. The van der Waals surface area contributed by atoms with E-state index in [-0.39, 0.29) is 59.3 Å². The number of carbonyl (C=O) groups excluding carboxylic acids is 2. The second-order valence-electron chi connectivity index (χ2n) is 9.58. The molecule has 2 aliphatic heterocycles. The van der Waals surface area contributed by atoms with E-state index in [1.807, 2.05) is 49.4 Å². The van der Waals surface area contributed by atoms with Crippen molar-refractivity contribution in [2.75, 3.05) is 6.54 Å². The number of fused-ring (bicyclic) bond motifs is 4. The van der Waals surface area contributed by atoms with E-state index in [0.29, 0.717) is 13.0 Å². The number of halogens is 2. The van der Waals surface area contributed by atoms with Crippen molar-refractivity contribution in [2.24, 2.45) is 0 Å². The molecule has 2 aliphatic rings. The third-order valence-corrected chi connectivity index (χ3v) is 7.08. The fourth-order valence-corrected chi connectivity index (χ4v) is 4.86. The summed E-state index contributed by atoms with van der Waals surface area (Å²) in [6.07, 6.45) is 5.92. The Bertz CT molecular complexity index is 1500. The van der Waals surface area contributed by atoms with Gasteiger partial charge in [-0.15, -0.1) is 0 Å². The lowest BCUT2D eigenvalue weighted by atomic mass is 10.1. The molecule has 1 N–H and O–H groups in total. The highest BCUT2D eigenvalue weighted by molar-refractivity contribution is 5.99. The number of pyridine rings is 1. The van der Waals surface area contributed by atoms with Crippen LogP contribution in [0.1, 0.15) is 56.9 Å². The SMILES string of the molecule is Cc1c(F)ccc(CNC(=O)c2cn3c(c(OCc4ccccc4)c2=O)C(=O)N2CC3CC=CC2C)c1F. The van der Waals surface area contributed by atoms with Crippen LogP contribution in [0.4, 0.5) is 8.78 Å². The van der Waals surface area contributed by atoms with Crippen LogP contribution in [0.3, 0.4) is 0 Å². The number of hydrogen-bond donors (Lipinski definition) is 1. The minimum atomic E-state index is -0.760. The Morgan fingerprint density at radius 1 is 1.13 bits per heavy atom. The van der Waals surface area contributed by atoms with Gasteiger partial charge in [0.1, 0.15) is 23.8 Å². The number of carbonyl (C=O) groups is 2. The molecule has 2 amide bonds. The zero-order chi connectivity index (χ0) is 27.0. The molecule has 196 valence electrons. The summed E-state index contributed by atoms with van der Waals surface area (Å²) < 4.78 is 35.7. The molecule has 5 rings (SSSR count). The van der Waals surface area contributed by atoms with Gasteiger partial charge in [-0.25, -0.2) is 8.78 Å². The molecule has 2 aromatic carbocycles. The number of hydrogen-bond acceptors (Lipinski definition) is 4. The second-order valence-corrected chi connectivity index (χ2v) is 9.58. The maximum Gasteiger partial charge on any atom is 0.275 e. The molecule has 7 nitrogen and oxygen atoms in total. The van der Waals surface area contributed by atoms with Crippen molar-refractivity contribution in [3.63, 3.8) is 0 Å². The molecule has 2 bridgehead atoms. The number of ether oxygens (including phenoxy) is 1. The largest absolute Gasteiger partial charge is 0.483 e. The molecular formula is C29H27F2N3O4. The summed E-state index contributed by atoms with van der Waals surface area (Å²) in [7, 11) is 0. The first-order valence-electron chi connectivity index (χ1n) is 12.4. The van der Waals surface area contributed by atoms with E-state index in [1.165, 1.54) is 19.2 Å². The predicted octanol–water partition coefficient (Wildman–Crippen LogP) is 4.29. The van der Waals surface area contributed by atoms with Gasteiger partial charge < -0.3 is 19.5 Å². The number of aromatic nitrogens is 1. The summed E-state index contributed by atoms with van der Waals surface area (Å²) in [4.78, 5) is 42.0. The predicted molar refractivity (Wildman–Crippen MR) is 137 cm³/mol. The zero-order valence-corrected chi connectivity index (χ0v) is 21.0. The van der Waals surface area contributed by atoms with Gasteiger partial charge in [-0.05, 0) is 31.9 Å². The van der Waals surface area contributed by atoms with Gasteiger partial charge in [-0.3, -0.25) is 14.4 Å². The number of benzene rings is 2. The zero-order valence-electron chi connectivity index (χ0n) is 21.0. The van der Waals surface area contributed by atoms with Crippen LogP contribution < -0.4 is 15.5 Å². The molecule has 3 aromatic rings. The number of nitrogens with zero attached hydrogens (tertiary/aromatic N) is 2. The molecule has 0 fully saturated rings. The lowest BCUT2D eigenvalue weighted by molar-refractivity contribution is 0.0626. The van der Waals surface area contributed by atoms with Crippen LogP contribution in [0.15, 0.2) is 65.6 Å². The van der Waals surface area contributed by atoms with Crippen molar-refractivity contribution in [1.82, 2.24) is 14.8 Å². The standard InChI is InChI=1S/C29H27F2N3O4/c1-17-7-6-10-21-14-33(17)29(37)25-27(38-16-19-8-4-3-5-9-19)26(35)22(15-34(21)25)28(36)32-13-20-11-12-23(30)18(2)24(20)31/h3-9,11-12,15,17,21H,10,13-14,16H2,1-2H3,(H,32,36). The van der Waals surface area contributed by atoms with Gasteiger partial charge in [0, 0.05) is 36.5 Å². The van der Waals surface area contributed by atoms with Crippen LogP contribution in [-0.2, 0) is 13.2 Å². The number of rotatable bonds is 6. The lowest BCUT2D eigenvalue weighted by Crippen LogP contribution is -2.47. The molecular weight excluding hydrogens is 492 g/mol. The lowest BCUT2D eigenvalue weighted by Gasteiger charge is -2.37. The van der Waals surface area contributed by atoms with Crippen molar-refractivity contribution in [1.29, 1.82) is 0 Å². The van der Waals surface area contributed by atoms with Gasteiger partial charge in [0.15, 0.2) is 11.4 Å². The van der Waals surface area contributed by atoms with Gasteiger partial charge in [0.25, 0.3) is 11.8 Å². The Hall–Kier alpha value is -4.27. The second kappa shape index (κ2) is 10.2. The minimum Gasteiger partial charge on any atom is -0.483 e. The highest BCUT2D eigenvalue weighted by Crippen LogP contribution is 2.32. The third-order valence-electron chi connectivity index (χ3n) is 7.08. The van der Waals surface area contributed by atoms with Gasteiger partial charge in [-0.2, -0.15) is 0 Å². The fraction of sp³-hybridized carbons (Fsp3) is 0.276. The van der Waals surface area contributed by atoms with Gasteiger partial charge in [-0.1, -0.05) is 48.6 Å². The normalized spacial score (nSPS) is 18.1. The molecule has 9 heteroatoms. The molecule has 1 aromatic heterocycles. The molecule has 2 unspecified atom stereocenters. The summed E-state index contributed by atoms with van der Waals surface area (Å²) in [5.74, 6) is -2.74. The summed E-state index contributed by atoms with van der Waals surface area (Å²) in [6.45, 7) is 3.42. The minimum absolute atomic E-state index is 0.0277. The van der Waals surface area contributed by atoms with E-state index in [2.05, 4.69) is 5.32 Å². The van der Waals surface area contributed by atoms with Crippen molar-refractivity contribution in [2.45, 2.75) is 45.5 Å². The average Bonchev–Trinajstić information content (AvgIpc) is 3.09. The first-order valence-corrected chi connectivity index (χ1v) is 12.4. The van der Waals surface area contributed by atoms with E-state index >= 15 is 0 Å². The Balaban J connectivity index is 1.53. The molecule has 0 saturated heterocycles. The Labute approximate surface area is 218 Å². The third kappa shape index (κ3) is 4.60. The van der Waals surface area contributed by atoms with E-state index in [0.717, 1.165) is 11.6 Å². The Morgan fingerprint density at radius 2 is 1.89 bits per heavy atom. The van der Waals surface area contributed by atoms with Crippen LogP contribution in [0, 0.1) is 18.6 Å². The topological polar surface area (TPSA) is 80.6 Å². The van der Waals surface area contributed by atoms with E-state index in [4.69, 9.17) is 4.74 Å². The van der Waals surface area contributed by atoms with Crippen molar-refractivity contribution in [3.05, 3.63) is 111 Å². The summed E-state index contributed by atoms with van der Waals surface area (Å²) in [6, 6.07) is 11.2. The molecule has 0 saturated carbocycles. The molecule has 0 spiro atoms. The number of nitrogens with one attached hydrogen (secondary N) is 1. The van der Waals surface area contributed by atoms with E-state index < -0.39 is 23.0 Å². The number of amides is 2.